The minimum absolute atomic E-state index is 0.0128. The Morgan fingerprint density at radius 2 is 1.39 bits per heavy atom. The lowest BCUT2D eigenvalue weighted by Gasteiger charge is -2.35. The second-order valence-electron chi connectivity index (χ2n) is 16.3. The molecule has 0 radical (unpaired) electrons. The summed E-state index contributed by atoms with van der Waals surface area (Å²) < 4.78 is 35.4. The third-order valence-electron chi connectivity index (χ3n) is 11.2. The molecule has 2 aromatic rings. The number of aryl methyl sites for hydroxylation is 1. The number of benzene rings is 2. The number of amides is 3. The maximum Gasteiger partial charge on any atom is 0.418 e. The maximum absolute atomic E-state index is 14.7. The molecule has 12 heteroatoms. The van der Waals surface area contributed by atoms with Crippen LogP contribution in [-0.2, 0) is 24.3 Å². The van der Waals surface area contributed by atoms with E-state index < -0.39 is 39.6 Å². The van der Waals surface area contributed by atoms with Crippen LogP contribution in [0.5, 0.6) is 0 Å². The van der Waals surface area contributed by atoms with Crippen molar-refractivity contribution < 1.29 is 27.5 Å². The zero-order chi connectivity index (χ0) is 41.4. The molecule has 0 bridgehead atoms. The van der Waals surface area contributed by atoms with Gasteiger partial charge < -0.3 is 10.1 Å². The Labute approximate surface area is 347 Å². The van der Waals surface area contributed by atoms with Gasteiger partial charge in [-0.3, -0.25) is 13.9 Å². The maximum atomic E-state index is 14.7. The van der Waals surface area contributed by atoms with Crippen molar-refractivity contribution in [1.82, 2.24) is 9.21 Å². The van der Waals surface area contributed by atoms with Gasteiger partial charge in [0.05, 0.1) is 11.4 Å². The summed E-state index contributed by atoms with van der Waals surface area (Å²) in [6.45, 7) is 11.4. The van der Waals surface area contributed by atoms with Crippen molar-refractivity contribution in [1.29, 1.82) is 0 Å². The first kappa shape index (κ1) is 46.3. The Hall–Kier alpha value is -3.38. The van der Waals surface area contributed by atoms with E-state index in [4.69, 9.17) is 9.73 Å². The van der Waals surface area contributed by atoms with Gasteiger partial charge in [0.15, 0.2) is 17.5 Å². The lowest BCUT2D eigenvalue weighted by atomic mass is 10.0. The highest BCUT2D eigenvalue weighted by molar-refractivity contribution is 7.99. The first-order chi connectivity index (χ1) is 27.3. The van der Waals surface area contributed by atoms with E-state index in [2.05, 4.69) is 26.1 Å². The Morgan fingerprint density at radius 3 is 1.93 bits per heavy atom. The van der Waals surface area contributed by atoms with Gasteiger partial charge in [-0.2, -0.15) is 0 Å². The standard InChI is InChI=1S/C45H68N4O6S2/c1-7-10-11-12-13-14-15-16-17-18-19-20-21-22-23-26-31-48-41(46-36-27-24-25-28-39(36)57(48,53)54)40(49-43(51)45(5,6)55-44(49)52)42(50)47-37-32-34(4)29-30-38(37)56-33-35(8-2)9-3/h24-25,27-30,32,35,40H,7-23,26,31,33H2,1-6H3,(H,47,50). The minimum Gasteiger partial charge on any atom is -0.433 e. The summed E-state index contributed by atoms with van der Waals surface area (Å²) in [5.74, 6) is -0.358. The first-order valence-corrected chi connectivity index (χ1v) is 24.1. The number of fused-ring (bicyclic) bond motifs is 1. The number of anilines is 1. The number of rotatable bonds is 26. The Kier molecular flexibility index (Phi) is 18.4. The van der Waals surface area contributed by atoms with Crippen molar-refractivity contribution in [2.24, 2.45) is 10.9 Å². The number of amidine groups is 1. The molecule has 4 rings (SSSR count). The average molecular weight is 825 g/mol. The molecule has 3 amide bonds. The Morgan fingerprint density at radius 1 is 0.825 bits per heavy atom. The topological polar surface area (TPSA) is 125 Å². The van der Waals surface area contributed by atoms with Crippen LogP contribution in [0.15, 0.2) is 57.2 Å². The van der Waals surface area contributed by atoms with Crippen molar-refractivity contribution >= 4 is 56.9 Å². The van der Waals surface area contributed by atoms with Crippen LogP contribution < -0.4 is 5.32 Å². The molecule has 316 valence electrons. The van der Waals surface area contributed by atoms with Crippen molar-refractivity contribution in [2.45, 2.75) is 179 Å². The highest BCUT2D eigenvalue weighted by Crippen LogP contribution is 2.37. The number of unbranched alkanes of at least 4 members (excludes halogenated alkanes) is 15. The molecule has 0 spiro atoms. The van der Waals surface area contributed by atoms with E-state index >= 15 is 0 Å². The third-order valence-corrected chi connectivity index (χ3v) is 14.3. The number of hydrogen-bond acceptors (Lipinski definition) is 8. The SMILES string of the molecule is CCCCCCCCCCCCCCCCCCN1C(C(C(=O)Nc2cc(C)ccc2SCC(CC)CC)N2C(=O)OC(C)(C)C2=O)=Nc2ccccc2S1(=O)=O. The van der Waals surface area contributed by atoms with Crippen LogP contribution >= 0.6 is 11.8 Å². The summed E-state index contributed by atoms with van der Waals surface area (Å²) in [5.41, 5.74) is 0.0113. The van der Waals surface area contributed by atoms with Crippen LogP contribution in [0.25, 0.3) is 0 Å². The average Bonchev–Trinajstić information content (AvgIpc) is 3.38. The zero-order valence-corrected chi connectivity index (χ0v) is 37.1. The van der Waals surface area contributed by atoms with Gasteiger partial charge in [0.25, 0.3) is 21.8 Å². The molecule has 2 heterocycles. The van der Waals surface area contributed by atoms with E-state index in [1.807, 2.05) is 25.1 Å². The lowest BCUT2D eigenvalue weighted by molar-refractivity contribution is -0.137. The summed E-state index contributed by atoms with van der Waals surface area (Å²) >= 11 is 1.63. The molecule has 0 saturated carbocycles. The number of nitrogens with zero attached hydrogens (tertiary/aromatic N) is 3. The molecule has 1 N–H and O–H groups in total. The first-order valence-electron chi connectivity index (χ1n) is 21.7. The number of aliphatic imine (C=N–C) groups is 1. The fourth-order valence-electron chi connectivity index (χ4n) is 7.48. The van der Waals surface area contributed by atoms with E-state index in [1.54, 1.807) is 30.0 Å². The van der Waals surface area contributed by atoms with E-state index in [9.17, 15) is 22.8 Å². The van der Waals surface area contributed by atoms with Crippen LogP contribution in [0.1, 0.15) is 156 Å². The van der Waals surface area contributed by atoms with E-state index in [1.165, 1.54) is 90.5 Å². The predicted molar refractivity (Wildman–Crippen MR) is 233 cm³/mol. The number of thioether (sulfide) groups is 1. The van der Waals surface area contributed by atoms with E-state index in [-0.39, 0.29) is 23.0 Å². The molecule has 1 saturated heterocycles. The predicted octanol–water partition coefficient (Wildman–Crippen LogP) is 11.6. The van der Waals surface area contributed by atoms with Crippen molar-refractivity contribution in [2.75, 3.05) is 17.6 Å². The molecule has 1 unspecified atom stereocenters. The number of sulfonamides is 1. The van der Waals surface area contributed by atoms with Crippen LogP contribution in [-0.4, -0.2) is 65.3 Å². The zero-order valence-electron chi connectivity index (χ0n) is 35.4. The monoisotopic (exact) mass is 824 g/mol. The van der Waals surface area contributed by atoms with Crippen LogP contribution in [0.3, 0.4) is 0 Å². The lowest BCUT2D eigenvalue weighted by Crippen LogP contribution is -2.59. The second kappa shape index (κ2) is 22.7. The van der Waals surface area contributed by atoms with Crippen LogP contribution in [0.4, 0.5) is 16.2 Å². The molecule has 1 fully saturated rings. The van der Waals surface area contributed by atoms with Crippen molar-refractivity contribution in [3.63, 3.8) is 0 Å². The Bertz CT molecular complexity index is 1770. The van der Waals surface area contributed by atoms with Gasteiger partial charge in [0.1, 0.15) is 4.90 Å². The molecule has 0 aromatic heterocycles. The number of ether oxygens (including phenoxy) is 1. The number of cyclic esters (lactones) is 1. The number of nitrogens with one attached hydrogen (secondary N) is 1. The van der Waals surface area contributed by atoms with Crippen molar-refractivity contribution in [3.8, 4) is 0 Å². The van der Waals surface area contributed by atoms with Gasteiger partial charge in [0.2, 0.25) is 0 Å². The van der Waals surface area contributed by atoms with Crippen molar-refractivity contribution in [3.05, 3.63) is 48.0 Å². The molecular weight excluding hydrogens is 757 g/mol. The minimum atomic E-state index is -4.21. The molecule has 2 aliphatic heterocycles. The van der Waals surface area contributed by atoms with E-state index in [0.29, 0.717) is 18.0 Å². The second-order valence-corrected chi connectivity index (χ2v) is 19.1. The van der Waals surface area contributed by atoms with E-state index in [0.717, 1.165) is 63.9 Å². The van der Waals surface area contributed by atoms with Gasteiger partial charge in [-0.1, -0.05) is 148 Å². The van der Waals surface area contributed by atoms with Gasteiger partial charge in [-0.05, 0) is 62.9 Å². The molecule has 57 heavy (non-hydrogen) atoms. The smallest absolute Gasteiger partial charge is 0.418 e. The van der Waals surface area contributed by atoms with Gasteiger partial charge >= 0.3 is 6.09 Å². The molecular formula is C45H68N4O6S2. The van der Waals surface area contributed by atoms with Crippen LogP contribution in [0, 0.1) is 12.8 Å². The van der Waals surface area contributed by atoms with Gasteiger partial charge in [-0.15, -0.1) is 11.8 Å². The normalized spacial score (nSPS) is 16.4. The summed E-state index contributed by atoms with van der Waals surface area (Å²) in [6.07, 6.45) is 20.0. The summed E-state index contributed by atoms with van der Waals surface area (Å²) in [7, 11) is -4.21. The molecule has 0 aliphatic carbocycles. The number of carbonyl (C=O) groups is 3. The summed E-state index contributed by atoms with van der Waals surface area (Å²) in [6, 6.07) is 10.4. The number of imide groups is 1. The molecule has 10 nitrogen and oxygen atoms in total. The summed E-state index contributed by atoms with van der Waals surface area (Å²) in [4.78, 5) is 48.4. The van der Waals surface area contributed by atoms with Gasteiger partial charge in [-0.25, -0.2) is 23.1 Å². The van der Waals surface area contributed by atoms with Gasteiger partial charge in [0, 0.05) is 17.2 Å². The number of carbonyl (C=O) groups excluding carboxylic acids is 3. The molecule has 1 atom stereocenters. The Balaban J connectivity index is 1.50. The highest BCUT2D eigenvalue weighted by atomic mass is 32.2. The fraction of sp³-hybridized carbons (Fsp3) is 0.644. The van der Waals surface area contributed by atoms with Crippen LogP contribution in [0.2, 0.25) is 0 Å². The number of para-hydroxylation sites is 1. The number of hydrogen-bond donors (Lipinski definition) is 1. The quantitative estimate of drug-likeness (QED) is 0.0739. The fourth-order valence-corrected chi connectivity index (χ4v) is 10.4. The molecule has 2 aliphatic rings. The summed E-state index contributed by atoms with van der Waals surface area (Å²) in [5, 5.41) is 2.99. The highest BCUT2D eigenvalue weighted by Gasteiger charge is 2.55. The largest absolute Gasteiger partial charge is 0.433 e. The third kappa shape index (κ3) is 12.8. The molecule has 2 aromatic carbocycles.